The zero-order valence-electron chi connectivity index (χ0n) is 2.88. The Balaban J connectivity index is 2.85. The Morgan fingerprint density at radius 1 is 2.00 bits per heavy atom. The van der Waals surface area contributed by atoms with E-state index in [4.69, 9.17) is 5.41 Å². The topological polar surface area (TPSA) is 35.9 Å². The van der Waals surface area contributed by atoms with Gasteiger partial charge in [0.2, 0.25) is 0 Å². The van der Waals surface area contributed by atoms with Crippen LogP contribution in [0.3, 0.4) is 0 Å². The molecule has 0 bridgehead atoms. The molecule has 5 heavy (non-hydrogen) atoms. The summed E-state index contributed by atoms with van der Waals surface area (Å²) in [5, 5.41) is 7.91. The van der Waals surface area contributed by atoms with Gasteiger partial charge >= 0.3 is 0 Å². The van der Waals surface area contributed by atoms with Crippen LogP contribution in [0.2, 0.25) is 0 Å². The van der Waals surface area contributed by atoms with E-state index in [2.05, 4.69) is 0 Å². The summed E-state index contributed by atoms with van der Waals surface area (Å²) >= 11 is 0. The van der Waals surface area contributed by atoms with E-state index in [1.54, 1.807) is 0 Å². The van der Waals surface area contributed by atoms with Crippen molar-refractivity contribution in [3.05, 3.63) is 0 Å². The molecule has 0 aromatic carbocycles. The van der Waals surface area contributed by atoms with E-state index >= 15 is 0 Å². The summed E-state index contributed by atoms with van der Waals surface area (Å²) in [7, 11) is 1.35. The lowest BCUT2D eigenvalue weighted by Crippen LogP contribution is -2.09. The highest BCUT2D eigenvalue weighted by Gasteiger charge is 1.73. The quantitative estimate of drug-likeness (QED) is 0.240. The van der Waals surface area contributed by atoms with E-state index in [0.29, 0.717) is 0 Å². The van der Waals surface area contributed by atoms with Crippen LogP contribution in [-0.4, -0.2) is 13.1 Å². The first kappa shape index (κ1) is 4.40. The third kappa shape index (κ3) is 3.40. The van der Waals surface area contributed by atoms with Crippen LogP contribution in [0.15, 0.2) is 0 Å². The first-order valence-electron chi connectivity index (χ1n) is 1.19. The SMILES string of the molecule is CNC(=N)F. The number of amidine groups is 1. The van der Waals surface area contributed by atoms with Crippen molar-refractivity contribution >= 4 is 6.09 Å². The molecule has 2 N–H and O–H groups in total. The van der Waals surface area contributed by atoms with Gasteiger partial charge in [-0.3, -0.25) is 5.41 Å². The first-order chi connectivity index (χ1) is 2.27. The molecule has 0 aliphatic heterocycles. The van der Waals surface area contributed by atoms with Crippen LogP contribution in [0.4, 0.5) is 4.39 Å². The summed E-state index contributed by atoms with van der Waals surface area (Å²) in [6, 6.07) is 0. The second-order valence-corrected chi connectivity index (χ2v) is 0.564. The second-order valence-electron chi connectivity index (χ2n) is 0.564. The van der Waals surface area contributed by atoms with Gasteiger partial charge in [-0.05, 0) is 0 Å². The predicted octanol–water partition coefficient (Wildman–Crippen LogP) is 0.110. The zero-order valence-corrected chi connectivity index (χ0v) is 2.88. The van der Waals surface area contributed by atoms with Gasteiger partial charge in [0.15, 0.2) is 0 Å². The number of rotatable bonds is 0. The molecule has 30 valence electrons. The highest BCUT2D eigenvalue weighted by Crippen LogP contribution is 1.55. The summed E-state index contributed by atoms with van der Waals surface area (Å²) < 4.78 is 10.9. The van der Waals surface area contributed by atoms with Crippen molar-refractivity contribution in [2.45, 2.75) is 0 Å². The lowest BCUT2D eigenvalue weighted by molar-refractivity contribution is 0.740. The molecule has 0 unspecified atom stereocenters. The van der Waals surface area contributed by atoms with Crippen LogP contribution in [0.25, 0.3) is 0 Å². The summed E-state index contributed by atoms with van der Waals surface area (Å²) in [5.41, 5.74) is 0. The minimum atomic E-state index is -0.995. The van der Waals surface area contributed by atoms with Gasteiger partial charge in [0, 0.05) is 7.05 Å². The molecule has 3 heteroatoms. The molecule has 0 aromatic heterocycles. The van der Waals surface area contributed by atoms with Gasteiger partial charge in [-0.2, -0.15) is 4.39 Å². The van der Waals surface area contributed by atoms with Crippen LogP contribution in [0.5, 0.6) is 0 Å². The lowest BCUT2D eigenvalue weighted by atomic mass is 11.1. The average Bonchev–Trinajstić information content (AvgIpc) is 1.38. The molecule has 0 radical (unpaired) electrons. The van der Waals surface area contributed by atoms with Gasteiger partial charge in [0.25, 0.3) is 6.09 Å². The molecule has 0 rings (SSSR count). The molecule has 0 saturated carbocycles. The summed E-state index contributed by atoms with van der Waals surface area (Å²) in [4.78, 5) is 0. The number of hydrogen-bond donors (Lipinski definition) is 2. The molecule has 2 nitrogen and oxygen atoms in total. The summed E-state index contributed by atoms with van der Waals surface area (Å²) in [5.74, 6) is 0. The van der Waals surface area contributed by atoms with Gasteiger partial charge in [0.1, 0.15) is 0 Å². The van der Waals surface area contributed by atoms with Crippen LogP contribution < -0.4 is 5.32 Å². The molecule has 0 aliphatic carbocycles. The van der Waals surface area contributed by atoms with E-state index in [1.807, 2.05) is 5.32 Å². The largest absolute Gasteiger partial charge is 0.350 e. The van der Waals surface area contributed by atoms with Crippen molar-refractivity contribution in [2.24, 2.45) is 0 Å². The summed E-state index contributed by atoms with van der Waals surface area (Å²) in [6.07, 6.45) is -0.995. The van der Waals surface area contributed by atoms with E-state index in [1.165, 1.54) is 7.05 Å². The van der Waals surface area contributed by atoms with Crippen molar-refractivity contribution in [3.8, 4) is 0 Å². The fourth-order valence-electron chi connectivity index (χ4n) is 0. The van der Waals surface area contributed by atoms with Crippen LogP contribution >= 0.6 is 0 Å². The molecule has 0 atom stereocenters. The van der Waals surface area contributed by atoms with E-state index in [9.17, 15) is 4.39 Å². The van der Waals surface area contributed by atoms with Crippen LogP contribution in [0, 0.1) is 5.41 Å². The van der Waals surface area contributed by atoms with Crippen molar-refractivity contribution in [1.82, 2.24) is 5.32 Å². The number of halogens is 1. The van der Waals surface area contributed by atoms with Gasteiger partial charge < -0.3 is 5.32 Å². The van der Waals surface area contributed by atoms with Crippen molar-refractivity contribution < 1.29 is 4.39 Å². The van der Waals surface area contributed by atoms with Crippen molar-refractivity contribution in [2.75, 3.05) is 7.05 Å². The monoisotopic (exact) mass is 76.0 g/mol. The minimum absolute atomic E-state index is 0.995. The third-order valence-corrected chi connectivity index (χ3v) is 0.219. The summed E-state index contributed by atoms with van der Waals surface area (Å²) in [6.45, 7) is 0. The van der Waals surface area contributed by atoms with E-state index in [0.717, 1.165) is 0 Å². The van der Waals surface area contributed by atoms with E-state index in [-0.39, 0.29) is 0 Å². The third-order valence-electron chi connectivity index (χ3n) is 0.219. The molecule has 0 aromatic rings. The Morgan fingerprint density at radius 2 is 2.20 bits per heavy atom. The smallest absolute Gasteiger partial charge is 0.274 e. The predicted molar refractivity (Wildman–Crippen MR) is 17.9 cm³/mol. The second kappa shape index (κ2) is 1.69. The van der Waals surface area contributed by atoms with Gasteiger partial charge in [-0.25, -0.2) is 0 Å². The normalized spacial score (nSPS) is 6.80. The number of nitrogens with one attached hydrogen (secondary N) is 2. The molecule has 0 amide bonds. The van der Waals surface area contributed by atoms with E-state index < -0.39 is 6.09 Å². The van der Waals surface area contributed by atoms with Gasteiger partial charge in [-0.1, -0.05) is 0 Å². The Hall–Kier alpha value is -0.600. The van der Waals surface area contributed by atoms with Crippen LogP contribution in [0.1, 0.15) is 0 Å². The zero-order chi connectivity index (χ0) is 4.28. The highest BCUT2D eigenvalue weighted by molar-refractivity contribution is 5.67. The molecule has 0 spiro atoms. The lowest BCUT2D eigenvalue weighted by Gasteiger charge is -1.79. The molecule has 0 fully saturated rings. The molecule has 0 aliphatic rings. The molecule has 0 heterocycles. The van der Waals surface area contributed by atoms with Crippen LogP contribution in [-0.2, 0) is 0 Å². The van der Waals surface area contributed by atoms with Gasteiger partial charge in [-0.15, -0.1) is 0 Å². The fraction of sp³-hybridized carbons (Fsp3) is 0.500. The Morgan fingerprint density at radius 3 is 2.20 bits per heavy atom. The maximum absolute atomic E-state index is 10.9. The average molecular weight is 76.1 g/mol. The number of hydrogen-bond acceptors (Lipinski definition) is 1. The first-order valence-corrected chi connectivity index (χ1v) is 1.19. The molecular formula is C2H5FN2. The highest BCUT2D eigenvalue weighted by atomic mass is 19.1. The Bertz CT molecular complexity index is 42.9. The standard InChI is InChI=1S/C2H5FN2/c1-5-2(3)4/h1H3,(H2,4,5). The minimum Gasteiger partial charge on any atom is -0.350 e. The maximum atomic E-state index is 10.9. The Kier molecular flexibility index (Phi) is 1.49. The molecular weight excluding hydrogens is 71.0 g/mol. The maximum Gasteiger partial charge on any atom is 0.274 e. The fourth-order valence-corrected chi connectivity index (χ4v) is 0. The van der Waals surface area contributed by atoms with Crippen molar-refractivity contribution in [3.63, 3.8) is 0 Å². The van der Waals surface area contributed by atoms with Gasteiger partial charge in [0.05, 0.1) is 0 Å². The van der Waals surface area contributed by atoms with Crippen molar-refractivity contribution in [1.29, 1.82) is 5.41 Å². The Labute approximate surface area is 29.5 Å². The molecule has 0 saturated heterocycles.